The summed E-state index contributed by atoms with van der Waals surface area (Å²) < 4.78 is 3.83. The van der Waals surface area contributed by atoms with E-state index in [1.165, 1.54) is 0 Å². The Labute approximate surface area is 208 Å². The maximum absolute atomic E-state index is 11.4. The summed E-state index contributed by atoms with van der Waals surface area (Å²) in [6, 6.07) is 35.4. The van der Waals surface area contributed by atoms with E-state index in [0.717, 1.165) is 33.2 Å². The fourth-order valence-electron chi connectivity index (χ4n) is 4.58. The van der Waals surface area contributed by atoms with Crippen LogP contribution >= 0.6 is 0 Å². The number of aliphatic hydroxyl groups excluding tert-OH is 2. The number of aromatic nitrogens is 4. The van der Waals surface area contributed by atoms with E-state index in [4.69, 9.17) is 0 Å². The number of nitrogens with zero attached hydrogens (tertiary/aromatic N) is 4. The molecule has 0 bridgehead atoms. The third kappa shape index (κ3) is 3.88. The van der Waals surface area contributed by atoms with Crippen LogP contribution in [0, 0.1) is 0 Å². The largest absolute Gasteiger partial charge is 0.502 e. The van der Waals surface area contributed by atoms with Gasteiger partial charge in [0.1, 0.15) is 0 Å². The van der Waals surface area contributed by atoms with Crippen LogP contribution in [0.1, 0.15) is 22.8 Å². The molecule has 2 aromatic heterocycles. The molecule has 0 fully saturated rings. The minimum Gasteiger partial charge on any atom is -0.502 e. The average Bonchev–Trinajstić information content (AvgIpc) is 3.48. The van der Waals surface area contributed by atoms with Crippen molar-refractivity contribution in [2.45, 2.75) is 13.1 Å². The monoisotopic (exact) mass is 472 g/mol. The molecule has 0 unspecified atom stereocenters. The van der Waals surface area contributed by atoms with Gasteiger partial charge in [-0.1, -0.05) is 84.9 Å². The molecule has 0 saturated heterocycles. The van der Waals surface area contributed by atoms with Gasteiger partial charge in [-0.05, 0) is 35.4 Å². The first-order valence-electron chi connectivity index (χ1n) is 11.8. The molecule has 2 N–H and O–H groups in total. The number of aliphatic hydroxyl groups is 2. The molecule has 0 aliphatic carbocycles. The number of hydrogen-bond acceptors (Lipinski definition) is 4. The second-order valence-corrected chi connectivity index (χ2v) is 8.69. The highest BCUT2D eigenvalue weighted by Gasteiger charge is 2.23. The molecule has 36 heavy (non-hydrogen) atoms. The predicted molar refractivity (Wildman–Crippen MR) is 143 cm³/mol. The minimum atomic E-state index is -0.313. The second-order valence-electron chi connectivity index (χ2n) is 8.69. The summed E-state index contributed by atoms with van der Waals surface area (Å²) in [5.74, 6) is -0.0507. The maximum Gasteiger partial charge on any atom is 0.205 e. The Hall–Kier alpha value is -4.84. The zero-order valence-corrected chi connectivity index (χ0v) is 19.5. The topological polar surface area (TPSA) is 76.1 Å². The van der Waals surface area contributed by atoms with Crippen LogP contribution < -0.4 is 0 Å². The van der Waals surface area contributed by atoms with Gasteiger partial charge in [0.15, 0.2) is 11.6 Å². The highest BCUT2D eigenvalue weighted by atomic mass is 16.3. The van der Waals surface area contributed by atoms with E-state index < -0.39 is 0 Å². The first-order chi connectivity index (χ1) is 17.7. The van der Waals surface area contributed by atoms with Crippen molar-refractivity contribution in [1.29, 1.82) is 0 Å². The van der Waals surface area contributed by atoms with Crippen molar-refractivity contribution in [2.24, 2.45) is 0 Å². The summed E-state index contributed by atoms with van der Waals surface area (Å²) in [6.45, 7) is 0.989. The lowest BCUT2D eigenvalue weighted by atomic mass is 10.2. The van der Waals surface area contributed by atoms with Crippen molar-refractivity contribution >= 4 is 33.6 Å². The fraction of sp³-hybridized carbons (Fsp3) is 0.0667. The maximum atomic E-state index is 11.4. The quantitative estimate of drug-likeness (QED) is 0.274. The fourth-order valence-corrected chi connectivity index (χ4v) is 4.58. The molecule has 6 heteroatoms. The normalized spacial score (nSPS) is 12.2. The molecule has 2 heterocycles. The van der Waals surface area contributed by atoms with Crippen molar-refractivity contribution in [3.63, 3.8) is 0 Å². The molecular weight excluding hydrogens is 448 g/mol. The SMILES string of the molecule is O/C(=C(/O)c1nc2ccccc2n1Cc1ccccc1)c1nc2ccccc2n1Cc1ccccc1. The first kappa shape index (κ1) is 21.7. The summed E-state index contributed by atoms with van der Waals surface area (Å²) in [4.78, 5) is 9.36. The zero-order valence-electron chi connectivity index (χ0n) is 19.5. The smallest absolute Gasteiger partial charge is 0.205 e. The number of benzene rings is 4. The van der Waals surface area contributed by atoms with Gasteiger partial charge in [0, 0.05) is 13.1 Å². The standard InChI is InChI=1S/C30H24N4O2/c35-27(29-31-23-15-7-9-17-25(23)33(29)19-21-11-3-1-4-12-21)28(36)30-32-24-16-8-10-18-26(24)34(30)20-22-13-5-2-6-14-22/h1-18,35-36H,19-20H2/b28-27+. The Kier molecular flexibility index (Phi) is 5.46. The summed E-state index contributed by atoms with van der Waals surface area (Å²) in [5, 5.41) is 22.8. The van der Waals surface area contributed by atoms with E-state index >= 15 is 0 Å². The summed E-state index contributed by atoms with van der Waals surface area (Å²) >= 11 is 0. The first-order valence-corrected chi connectivity index (χ1v) is 11.8. The van der Waals surface area contributed by atoms with Crippen molar-refractivity contribution in [3.05, 3.63) is 132 Å². The Morgan fingerprint density at radius 1 is 0.500 bits per heavy atom. The molecule has 0 atom stereocenters. The van der Waals surface area contributed by atoms with Crippen LogP contribution in [0.25, 0.3) is 33.6 Å². The van der Waals surface area contributed by atoms with Crippen LogP contribution in [0.5, 0.6) is 0 Å². The predicted octanol–water partition coefficient (Wildman–Crippen LogP) is 6.42. The van der Waals surface area contributed by atoms with Crippen LogP contribution in [0.3, 0.4) is 0 Å². The molecule has 0 aliphatic heterocycles. The summed E-state index contributed by atoms with van der Waals surface area (Å²) in [7, 11) is 0. The van der Waals surface area contributed by atoms with E-state index in [9.17, 15) is 10.2 Å². The van der Waals surface area contributed by atoms with Gasteiger partial charge in [0.2, 0.25) is 11.5 Å². The minimum absolute atomic E-state index is 0.288. The average molecular weight is 473 g/mol. The number of rotatable bonds is 6. The zero-order chi connectivity index (χ0) is 24.5. The van der Waals surface area contributed by atoms with Gasteiger partial charge in [-0.3, -0.25) is 0 Å². The highest BCUT2D eigenvalue weighted by molar-refractivity contribution is 5.87. The van der Waals surface area contributed by atoms with Crippen LogP contribution in [0.4, 0.5) is 0 Å². The Morgan fingerprint density at radius 2 is 0.861 bits per heavy atom. The third-order valence-electron chi connectivity index (χ3n) is 6.32. The van der Waals surface area contributed by atoms with Crippen LogP contribution in [0.2, 0.25) is 0 Å². The van der Waals surface area contributed by atoms with Crippen LogP contribution in [-0.2, 0) is 13.1 Å². The van der Waals surface area contributed by atoms with Gasteiger partial charge < -0.3 is 19.3 Å². The molecule has 6 aromatic rings. The van der Waals surface area contributed by atoms with E-state index in [0.29, 0.717) is 13.1 Å². The molecule has 0 aliphatic rings. The van der Waals surface area contributed by atoms with Gasteiger partial charge in [-0.2, -0.15) is 0 Å². The molecule has 0 amide bonds. The van der Waals surface area contributed by atoms with Gasteiger partial charge in [-0.25, -0.2) is 9.97 Å². The van der Waals surface area contributed by atoms with Gasteiger partial charge in [0.25, 0.3) is 0 Å². The molecule has 0 spiro atoms. The van der Waals surface area contributed by atoms with Crippen LogP contribution in [0.15, 0.2) is 109 Å². The van der Waals surface area contributed by atoms with E-state index in [2.05, 4.69) is 9.97 Å². The number of fused-ring (bicyclic) bond motifs is 2. The van der Waals surface area contributed by atoms with Gasteiger partial charge in [0.05, 0.1) is 22.1 Å². The molecule has 6 nitrogen and oxygen atoms in total. The number of hydrogen-bond donors (Lipinski definition) is 2. The van der Waals surface area contributed by atoms with Crippen molar-refractivity contribution in [1.82, 2.24) is 19.1 Å². The van der Waals surface area contributed by atoms with E-state index in [1.807, 2.05) is 118 Å². The summed E-state index contributed by atoms with van der Waals surface area (Å²) in [5.41, 5.74) is 5.33. The Balaban J connectivity index is 1.52. The molecule has 0 radical (unpaired) electrons. The highest BCUT2D eigenvalue weighted by Crippen LogP contribution is 2.29. The van der Waals surface area contributed by atoms with E-state index in [-0.39, 0.29) is 23.2 Å². The lowest BCUT2D eigenvalue weighted by molar-refractivity contribution is 0.446. The van der Waals surface area contributed by atoms with Crippen molar-refractivity contribution in [3.8, 4) is 0 Å². The van der Waals surface area contributed by atoms with Gasteiger partial charge >= 0.3 is 0 Å². The van der Waals surface area contributed by atoms with Crippen LogP contribution in [-0.4, -0.2) is 29.3 Å². The van der Waals surface area contributed by atoms with Crippen molar-refractivity contribution < 1.29 is 10.2 Å². The molecule has 6 rings (SSSR count). The second kappa shape index (κ2) is 9.07. The Morgan fingerprint density at radius 3 is 1.28 bits per heavy atom. The van der Waals surface area contributed by atoms with Crippen molar-refractivity contribution in [2.75, 3.05) is 0 Å². The summed E-state index contributed by atoms with van der Waals surface area (Å²) in [6.07, 6.45) is 0. The number of para-hydroxylation sites is 4. The number of imidazole rings is 2. The van der Waals surface area contributed by atoms with Gasteiger partial charge in [-0.15, -0.1) is 0 Å². The molecule has 176 valence electrons. The Bertz CT molecular complexity index is 1570. The molecule has 0 saturated carbocycles. The molecular formula is C30H24N4O2. The third-order valence-corrected chi connectivity index (χ3v) is 6.32. The lowest BCUT2D eigenvalue weighted by Crippen LogP contribution is -2.09. The van der Waals surface area contributed by atoms with E-state index in [1.54, 1.807) is 0 Å². The molecule has 4 aromatic carbocycles. The lowest BCUT2D eigenvalue weighted by Gasteiger charge is -2.12.